The molecule has 0 spiro atoms. The average Bonchev–Trinajstić information content (AvgIpc) is 3.14. The molecule has 0 bridgehead atoms. The third kappa shape index (κ3) is 2.60. The molecule has 3 rings (SSSR count). The summed E-state index contributed by atoms with van der Waals surface area (Å²) in [7, 11) is 0. The van der Waals surface area contributed by atoms with Gasteiger partial charge in [0.15, 0.2) is 0 Å². The van der Waals surface area contributed by atoms with E-state index in [0.717, 1.165) is 29.2 Å². The topological polar surface area (TPSA) is 65.1 Å². The number of aryl methyl sites for hydroxylation is 2. The number of hydrogen-bond donors (Lipinski definition) is 0. The van der Waals surface area contributed by atoms with Crippen LogP contribution in [0.3, 0.4) is 0 Å². The standard InChI is InChI=1S/C16H15N5O/c1-3-20-10-15(12(2)18-20)16-8-9-21(19-16)14-6-4-13(5-7-14)17-11-22/h4-10H,3H2,1-2H3. The van der Waals surface area contributed by atoms with Crippen molar-refractivity contribution in [2.45, 2.75) is 20.4 Å². The smallest absolute Gasteiger partial charge is 0.240 e. The van der Waals surface area contributed by atoms with Crippen molar-refractivity contribution in [2.24, 2.45) is 4.99 Å². The number of aromatic nitrogens is 4. The van der Waals surface area contributed by atoms with E-state index in [9.17, 15) is 4.79 Å². The van der Waals surface area contributed by atoms with Gasteiger partial charge in [-0.05, 0) is 44.2 Å². The lowest BCUT2D eigenvalue weighted by atomic mass is 10.2. The normalized spacial score (nSPS) is 10.5. The molecule has 3 aromatic rings. The van der Waals surface area contributed by atoms with Crippen LogP contribution in [-0.4, -0.2) is 25.6 Å². The van der Waals surface area contributed by atoms with Gasteiger partial charge in [0.25, 0.3) is 0 Å². The van der Waals surface area contributed by atoms with Gasteiger partial charge in [0, 0.05) is 24.5 Å². The van der Waals surface area contributed by atoms with E-state index in [1.54, 1.807) is 16.8 Å². The second-order valence-corrected chi connectivity index (χ2v) is 4.85. The molecular formula is C16H15N5O. The monoisotopic (exact) mass is 293 g/mol. The van der Waals surface area contributed by atoms with Crippen molar-refractivity contribution in [3.05, 3.63) is 48.4 Å². The molecule has 0 fully saturated rings. The van der Waals surface area contributed by atoms with Gasteiger partial charge in [-0.1, -0.05) is 0 Å². The minimum Gasteiger partial charge on any atom is -0.272 e. The SMILES string of the molecule is CCn1cc(-c2ccn(-c3ccc(N=C=O)cc3)n2)c(C)n1. The third-order valence-corrected chi connectivity index (χ3v) is 3.42. The molecule has 0 aliphatic heterocycles. The summed E-state index contributed by atoms with van der Waals surface area (Å²) in [6.07, 6.45) is 5.43. The minimum absolute atomic E-state index is 0.575. The zero-order valence-electron chi connectivity index (χ0n) is 12.4. The van der Waals surface area contributed by atoms with E-state index in [0.29, 0.717) is 5.69 Å². The molecule has 2 aromatic heterocycles. The van der Waals surface area contributed by atoms with Gasteiger partial charge in [-0.15, -0.1) is 0 Å². The summed E-state index contributed by atoms with van der Waals surface area (Å²) in [5, 5.41) is 9.03. The molecule has 22 heavy (non-hydrogen) atoms. The van der Waals surface area contributed by atoms with Gasteiger partial charge in [0.1, 0.15) is 0 Å². The Hall–Kier alpha value is -2.98. The van der Waals surface area contributed by atoms with E-state index in [-0.39, 0.29) is 0 Å². The maximum Gasteiger partial charge on any atom is 0.240 e. The average molecular weight is 293 g/mol. The molecule has 0 aliphatic carbocycles. The van der Waals surface area contributed by atoms with Crippen LogP contribution in [0.1, 0.15) is 12.6 Å². The fourth-order valence-corrected chi connectivity index (χ4v) is 2.28. The second-order valence-electron chi connectivity index (χ2n) is 4.85. The van der Waals surface area contributed by atoms with Crippen LogP contribution >= 0.6 is 0 Å². The summed E-state index contributed by atoms with van der Waals surface area (Å²) in [5.41, 5.74) is 4.35. The summed E-state index contributed by atoms with van der Waals surface area (Å²) >= 11 is 0. The largest absolute Gasteiger partial charge is 0.272 e. The van der Waals surface area contributed by atoms with Crippen molar-refractivity contribution in [1.82, 2.24) is 19.6 Å². The maximum absolute atomic E-state index is 10.2. The van der Waals surface area contributed by atoms with Crippen LogP contribution in [0.5, 0.6) is 0 Å². The van der Waals surface area contributed by atoms with Crippen LogP contribution in [-0.2, 0) is 11.3 Å². The first-order valence-corrected chi connectivity index (χ1v) is 6.99. The molecule has 0 saturated heterocycles. The number of isocyanates is 1. The Bertz CT molecular complexity index is 838. The Morgan fingerprint density at radius 3 is 2.59 bits per heavy atom. The van der Waals surface area contributed by atoms with E-state index < -0.39 is 0 Å². The van der Waals surface area contributed by atoms with Gasteiger partial charge in [-0.25, -0.2) is 9.48 Å². The fraction of sp³-hybridized carbons (Fsp3) is 0.188. The molecule has 0 radical (unpaired) electrons. The molecule has 110 valence electrons. The Morgan fingerprint density at radius 1 is 1.18 bits per heavy atom. The Kier molecular flexibility index (Phi) is 3.68. The van der Waals surface area contributed by atoms with Crippen molar-refractivity contribution in [3.63, 3.8) is 0 Å². The number of nitrogens with zero attached hydrogens (tertiary/aromatic N) is 5. The highest BCUT2D eigenvalue weighted by atomic mass is 16.1. The molecule has 0 amide bonds. The van der Waals surface area contributed by atoms with Crippen molar-refractivity contribution >= 4 is 11.8 Å². The number of carbonyl (C=O) groups excluding carboxylic acids is 1. The predicted octanol–water partition coefficient (Wildman–Crippen LogP) is 3.03. The Labute approximate surface area is 127 Å². The molecule has 0 saturated carbocycles. The van der Waals surface area contributed by atoms with E-state index in [2.05, 4.69) is 22.1 Å². The summed E-state index contributed by atoms with van der Waals surface area (Å²) < 4.78 is 3.68. The molecule has 0 aliphatic rings. The highest BCUT2D eigenvalue weighted by Gasteiger charge is 2.10. The van der Waals surface area contributed by atoms with Gasteiger partial charge in [-0.2, -0.15) is 15.2 Å². The van der Waals surface area contributed by atoms with Gasteiger partial charge in [-0.3, -0.25) is 4.68 Å². The first-order valence-electron chi connectivity index (χ1n) is 6.99. The number of rotatable bonds is 4. The lowest BCUT2D eigenvalue weighted by molar-refractivity contribution is 0.565. The van der Waals surface area contributed by atoms with Crippen LogP contribution < -0.4 is 0 Å². The van der Waals surface area contributed by atoms with E-state index >= 15 is 0 Å². The fourth-order valence-electron chi connectivity index (χ4n) is 2.28. The zero-order valence-corrected chi connectivity index (χ0v) is 12.4. The predicted molar refractivity (Wildman–Crippen MR) is 83.0 cm³/mol. The molecule has 6 nitrogen and oxygen atoms in total. The highest BCUT2D eigenvalue weighted by Crippen LogP contribution is 2.22. The van der Waals surface area contributed by atoms with Crippen LogP contribution in [0.25, 0.3) is 16.9 Å². The quantitative estimate of drug-likeness (QED) is 0.548. The molecule has 0 unspecified atom stereocenters. The summed E-state index contributed by atoms with van der Waals surface area (Å²) in [6, 6.07) is 9.18. The second kappa shape index (κ2) is 5.79. The molecular weight excluding hydrogens is 278 g/mol. The van der Waals surface area contributed by atoms with Gasteiger partial charge >= 0.3 is 0 Å². The van der Waals surface area contributed by atoms with Gasteiger partial charge in [0.2, 0.25) is 6.08 Å². The van der Waals surface area contributed by atoms with E-state index in [1.165, 1.54) is 6.08 Å². The van der Waals surface area contributed by atoms with Crippen molar-refractivity contribution in [1.29, 1.82) is 0 Å². The summed E-state index contributed by atoms with van der Waals surface area (Å²) in [6.45, 7) is 4.87. The van der Waals surface area contributed by atoms with Gasteiger partial charge in [0.05, 0.1) is 22.8 Å². The zero-order chi connectivity index (χ0) is 15.5. The lowest BCUT2D eigenvalue weighted by Gasteiger charge is -2.01. The molecule has 0 atom stereocenters. The third-order valence-electron chi connectivity index (χ3n) is 3.42. The maximum atomic E-state index is 10.2. The Balaban J connectivity index is 1.92. The first kappa shape index (κ1) is 14.0. The van der Waals surface area contributed by atoms with Crippen molar-refractivity contribution < 1.29 is 4.79 Å². The van der Waals surface area contributed by atoms with Crippen LogP contribution in [0.2, 0.25) is 0 Å². The summed E-state index contributed by atoms with van der Waals surface area (Å²) in [4.78, 5) is 13.8. The first-order chi connectivity index (χ1) is 10.7. The molecule has 6 heteroatoms. The summed E-state index contributed by atoms with van der Waals surface area (Å²) in [5.74, 6) is 0. The number of hydrogen-bond acceptors (Lipinski definition) is 4. The van der Waals surface area contributed by atoms with Crippen LogP contribution in [0, 0.1) is 6.92 Å². The molecule has 0 N–H and O–H groups in total. The van der Waals surface area contributed by atoms with E-state index in [1.807, 2.05) is 42.2 Å². The van der Waals surface area contributed by atoms with Crippen molar-refractivity contribution in [2.75, 3.05) is 0 Å². The minimum atomic E-state index is 0.575. The highest BCUT2D eigenvalue weighted by molar-refractivity contribution is 5.61. The van der Waals surface area contributed by atoms with Gasteiger partial charge < -0.3 is 0 Å². The van der Waals surface area contributed by atoms with Crippen LogP contribution in [0.4, 0.5) is 5.69 Å². The molecule has 1 aromatic carbocycles. The van der Waals surface area contributed by atoms with Crippen LogP contribution in [0.15, 0.2) is 47.7 Å². The number of aliphatic imine (C=N–C) groups is 1. The number of benzene rings is 1. The lowest BCUT2D eigenvalue weighted by Crippen LogP contribution is -1.94. The molecule has 2 heterocycles. The Morgan fingerprint density at radius 2 is 1.95 bits per heavy atom. The van der Waals surface area contributed by atoms with Crippen molar-refractivity contribution in [3.8, 4) is 16.9 Å². The van der Waals surface area contributed by atoms with E-state index in [4.69, 9.17) is 0 Å².